The van der Waals surface area contributed by atoms with Crippen molar-refractivity contribution in [2.75, 3.05) is 6.54 Å². The van der Waals surface area contributed by atoms with Crippen molar-refractivity contribution in [2.24, 2.45) is 0 Å². The fourth-order valence-corrected chi connectivity index (χ4v) is 2.50. The van der Waals surface area contributed by atoms with E-state index in [2.05, 4.69) is 34.0 Å². The summed E-state index contributed by atoms with van der Waals surface area (Å²) in [6, 6.07) is 8.25. The van der Waals surface area contributed by atoms with Crippen LogP contribution >= 0.6 is 11.5 Å². The average molecular weight is 291 g/mol. The molecule has 0 aliphatic rings. The lowest BCUT2D eigenvalue weighted by molar-refractivity contribution is 0.242. The van der Waals surface area contributed by atoms with Gasteiger partial charge in [0.2, 0.25) is 0 Å². The highest BCUT2D eigenvalue weighted by molar-refractivity contribution is 7.03. The van der Waals surface area contributed by atoms with Crippen molar-refractivity contribution in [2.45, 2.75) is 39.3 Å². The maximum absolute atomic E-state index is 5.77. The monoisotopic (exact) mass is 291 g/mol. The van der Waals surface area contributed by atoms with Gasteiger partial charge in [-0.3, -0.25) is 0 Å². The molecule has 0 saturated carbocycles. The summed E-state index contributed by atoms with van der Waals surface area (Å²) < 4.78 is 9.73. The predicted octanol–water partition coefficient (Wildman–Crippen LogP) is 3.41. The number of hydrogen-bond acceptors (Lipinski definition) is 5. The second-order valence-corrected chi connectivity index (χ2v) is 5.57. The van der Waals surface area contributed by atoms with Crippen LogP contribution in [0.2, 0.25) is 0 Å². The Bertz CT molecular complexity index is 514. The van der Waals surface area contributed by atoms with E-state index in [1.54, 1.807) is 0 Å². The van der Waals surface area contributed by atoms with Crippen molar-refractivity contribution in [3.63, 3.8) is 0 Å². The van der Waals surface area contributed by atoms with Crippen molar-refractivity contribution >= 4 is 11.5 Å². The Hall–Kier alpha value is -1.46. The van der Waals surface area contributed by atoms with Crippen molar-refractivity contribution < 1.29 is 4.74 Å². The van der Waals surface area contributed by atoms with Gasteiger partial charge >= 0.3 is 0 Å². The minimum Gasteiger partial charge on any atom is -0.491 e. The first-order valence-corrected chi connectivity index (χ1v) is 7.81. The molecule has 1 N–H and O–H groups in total. The van der Waals surface area contributed by atoms with Crippen molar-refractivity contribution in [3.05, 3.63) is 40.9 Å². The molecule has 4 nitrogen and oxygen atoms in total. The van der Waals surface area contributed by atoms with Gasteiger partial charge in [-0.25, -0.2) is 0 Å². The van der Waals surface area contributed by atoms with Crippen LogP contribution in [0.5, 0.6) is 5.75 Å². The van der Waals surface area contributed by atoms with E-state index in [-0.39, 0.29) is 12.1 Å². The lowest BCUT2D eigenvalue weighted by atomic mass is 10.0. The SMILES string of the molecule is CCCNC(c1cccc(OC(C)C)c1)c1csnn1. The lowest BCUT2D eigenvalue weighted by Crippen LogP contribution is -2.23. The summed E-state index contributed by atoms with van der Waals surface area (Å²) in [5.41, 5.74) is 2.12. The molecule has 0 bridgehead atoms. The number of aromatic nitrogens is 2. The normalized spacial score (nSPS) is 12.6. The Labute approximate surface area is 124 Å². The first-order valence-electron chi connectivity index (χ1n) is 6.97. The highest BCUT2D eigenvalue weighted by Crippen LogP contribution is 2.25. The number of ether oxygens (including phenoxy) is 1. The summed E-state index contributed by atoms with van der Waals surface area (Å²) in [5, 5.41) is 9.71. The average Bonchev–Trinajstić information content (AvgIpc) is 2.93. The van der Waals surface area contributed by atoms with Gasteiger partial charge in [0, 0.05) is 5.38 Å². The Balaban J connectivity index is 2.24. The molecular formula is C15H21N3OS. The van der Waals surface area contributed by atoms with Crippen LogP contribution in [0.3, 0.4) is 0 Å². The van der Waals surface area contributed by atoms with Gasteiger partial charge in [-0.1, -0.05) is 23.5 Å². The molecule has 5 heteroatoms. The van der Waals surface area contributed by atoms with Gasteiger partial charge in [-0.05, 0) is 56.0 Å². The molecule has 1 unspecified atom stereocenters. The molecule has 0 aliphatic heterocycles. The van der Waals surface area contributed by atoms with E-state index in [1.165, 1.54) is 11.5 Å². The number of hydrogen-bond donors (Lipinski definition) is 1. The quantitative estimate of drug-likeness (QED) is 0.849. The Morgan fingerprint density at radius 2 is 2.20 bits per heavy atom. The van der Waals surface area contributed by atoms with Crippen molar-refractivity contribution in [1.82, 2.24) is 14.9 Å². The van der Waals surface area contributed by atoms with E-state index in [0.717, 1.165) is 30.0 Å². The number of rotatable bonds is 7. The van der Waals surface area contributed by atoms with E-state index in [1.807, 2.05) is 31.4 Å². The largest absolute Gasteiger partial charge is 0.491 e. The van der Waals surface area contributed by atoms with E-state index >= 15 is 0 Å². The Morgan fingerprint density at radius 1 is 1.35 bits per heavy atom. The third-order valence-electron chi connectivity index (χ3n) is 2.83. The van der Waals surface area contributed by atoms with Crippen LogP contribution in [0.4, 0.5) is 0 Å². The second-order valence-electron chi connectivity index (χ2n) is 4.96. The van der Waals surface area contributed by atoms with Crippen molar-refractivity contribution in [3.8, 4) is 5.75 Å². The Morgan fingerprint density at radius 3 is 2.85 bits per heavy atom. The number of benzene rings is 1. The van der Waals surface area contributed by atoms with Crippen LogP contribution in [0.15, 0.2) is 29.6 Å². The molecule has 0 saturated heterocycles. The van der Waals surface area contributed by atoms with Gasteiger partial charge in [0.25, 0.3) is 0 Å². The van der Waals surface area contributed by atoms with Gasteiger partial charge in [-0.15, -0.1) is 5.10 Å². The third-order valence-corrected chi connectivity index (χ3v) is 3.36. The second kappa shape index (κ2) is 7.36. The van der Waals surface area contributed by atoms with Gasteiger partial charge < -0.3 is 10.1 Å². The minimum atomic E-state index is 0.0735. The molecule has 20 heavy (non-hydrogen) atoms. The molecule has 0 fully saturated rings. The molecule has 2 rings (SSSR count). The Kier molecular flexibility index (Phi) is 5.49. The van der Waals surface area contributed by atoms with Crippen LogP contribution in [0, 0.1) is 0 Å². The highest BCUT2D eigenvalue weighted by Gasteiger charge is 2.16. The summed E-state index contributed by atoms with van der Waals surface area (Å²) in [4.78, 5) is 0. The van der Waals surface area contributed by atoms with Gasteiger partial charge in [0.05, 0.1) is 17.8 Å². The van der Waals surface area contributed by atoms with E-state index in [9.17, 15) is 0 Å². The van der Waals surface area contributed by atoms with Crippen LogP contribution in [-0.2, 0) is 0 Å². The van der Waals surface area contributed by atoms with Crippen LogP contribution in [0.1, 0.15) is 44.5 Å². The molecule has 2 aromatic rings. The number of nitrogens with one attached hydrogen (secondary N) is 1. The molecule has 1 aromatic carbocycles. The summed E-state index contributed by atoms with van der Waals surface area (Å²) >= 11 is 1.38. The van der Waals surface area contributed by atoms with Crippen LogP contribution in [-0.4, -0.2) is 22.2 Å². The van der Waals surface area contributed by atoms with Gasteiger partial charge in [0.15, 0.2) is 0 Å². The molecule has 1 atom stereocenters. The summed E-state index contributed by atoms with van der Waals surface area (Å²) in [6.07, 6.45) is 1.25. The van der Waals surface area contributed by atoms with Crippen LogP contribution in [0.25, 0.3) is 0 Å². The molecule has 0 amide bonds. The molecular weight excluding hydrogens is 270 g/mol. The highest BCUT2D eigenvalue weighted by atomic mass is 32.1. The zero-order valence-electron chi connectivity index (χ0n) is 12.2. The van der Waals surface area contributed by atoms with Crippen LogP contribution < -0.4 is 10.1 Å². The molecule has 0 aliphatic carbocycles. The maximum Gasteiger partial charge on any atom is 0.120 e. The summed E-state index contributed by atoms with van der Waals surface area (Å²) in [7, 11) is 0. The maximum atomic E-state index is 5.77. The third kappa shape index (κ3) is 4.02. The standard InChI is InChI=1S/C15H21N3OS/c1-4-8-16-15(14-10-20-18-17-14)12-6-5-7-13(9-12)19-11(2)3/h5-7,9-11,15-16H,4,8H2,1-3H3. The topological polar surface area (TPSA) is 47.0 Å². The first-order chi connectivity index (χ1) is 9.70. The zero-order chi connectivity index (χ0) is 14.4. The molecule has 0 spiro atoms. The molecule has 0 radical (unpaired) electrons. The van der Waals surface area contributed by atoms with E-state index in [4.69, 9.17) is 4.74 Å². The zero-order valence-corrected chi connectivity index (χ0v) is 13.0. The molecule has 108 valence electrons. The van der Waals surface area contributed by atoms with Gasteiger partial charge in [-0.2, -0.15) is 0 Å². The van der Waals surface area contributed by atoms with E-state index < -0.39 is 0 Å². The molecule has 1 heterocycles. The minimum absolute atomic E-state index is 0.0735. The predicted molar refractivity (Wildman–Crippen MR) is 82.3 cm³/mol. The number of nitrogens with zero attached hydrogens (tertiary/aromatic N) is 2. The lowest BCUT2D eigenvalue weighted by Gasteiger charge is -2.18. The van der Waals surface area contributed by atoms with E-state index in [0.29, 0.717) is 0 Å². The smallest absolute Gasteiger partial charge is 0.120 e. The fourth-order valence-electron chi connectivity index (χ4n) is 2.02. The van der Waals surface area contributed by atoms with Gasteiger partial charge in [0.1, 0.15) is 5.75 Å². The fraction of sp³-hybridized carbons (Fsp3) is 0.467. The summed E-state index contributed by atoms with van der Waals surface area (Å²) in [6.45, 7) is 7.16. The first kappa shape index (κ1) is 14.9. The van der Waals surface area contributed by atoms with Crippen molar-refractivity contribution in [1.29, 1.82) is 0 Å². The molecule has 1 aromatic heterocycles. The summed E-state index contributed by atoms with van der Waals surface area (Å²) in [5.74, 6) is 0.893.